The van der Waals surface area contributed by atoms with Crippen molar-refractivity contribution in [1.82, 2.24) is 10.6 Å². The molecule has 0 aromatic carbocycles. The lowest BCUT2D eigenvalue weighted by molar-refractivity contribution is -0.0213. The first-order chi connectivity index (χ1) is 14.3. The van der Waals surface area contributed by atoms with Crippen molar-refractivity contribution in [1.29, 1.82) is 0 Å². The van der Waals surface area contributed by atoms with Gasteiger partial charge in [-0.3, -0.25) is 10.6 Å². The van der Waals surface area contributed by atoms with Gasteiger partial charge in [-0.1, -0.05) is 27.2 Å². The van der Waals surface area contributed by atoms with E-state index >= 15 is 0 Å². The molecule has 9 heteroatoms. The zero-order chi connectivity index (χ0) is 23.0. The number of aliphatic hydroxyl groups excluding tert-OH is 5. The zero-order valence-electron chi connectivity index (χ0n) is 19.0. The Labute approximate surface area is 186 Å². The lowest BCUT2D eigenvalue weighted by atomic mass is 9.75. The van der Waals surface area contributed by atoms with Crippen molar-refractivity contribution < 1.29 is 30.1 Å². The van der Waals surface area contributed by atoms with E-state index in [0.717, 1.165) is 25.7 Å². The topological polar surface area (TPSA) is 145 Å². The first-order valence-electron chi connectivity index (χ1n) is 11.3. The maximum absolute atomic E-state index is 11.1. The minimum Gasteiger partial charge on any atom is -0.396 e. The molecule has 0 bridgehead atoms. The Morgan fingerprint density at radius 2 is 1.53 bits per heavy atom. The minimum absolute atomic E-state index is 0.0626. The molecule has 0 rings (SSSR count). The normalized spacial score (nSPS) is 17.5. The number of unbranched alkanes of at least 4 members (excludes halogenated alkanes) is 1. The predicted octanol–water partition coefficient (Wildman–Crippen LogP) is 1.65. The van der Waals surface area contributed by atoms with Gasteiger partial charge in [0.2, 0.25) is 0 Å². The molecule has 0 amide bonds. The van der Waals surface area contributed by atoms with Gasteiger partial charge in [0.15, 0.2) is 0 Å². The molecule has 8 nitrogen and oxygen atoms in total. The van der Waals surface area contributed by atoms with Gasteiger partial charge < -0.3 is 30.1 Å². The second kappa shape index (κ2) is 17.6. The zero-order valence-corrected chi connectivity index (χ0v) is 19.8. The fourth-order valence-electron chi connectivity index (χ4n) is 3.52. The Balaban J connectivity index is 4.68. The Kier molecular flexibility index (Phi) is 17.6. The van der Waals surface area contributed by atoms with E-state index in [1.807, 2.05) is 0 Å². The molecule has 0 saturated carbocycles. The summed E-state index contributed by atoms with van der Waals surface area (Å²) in [6.07, 6.45) is 3.94. The molecule has 5 unspecified atom stereocenters. The summed E-state index contributed by atoms with van der Waals surface area (Å²) in [6.45, 7) is 6.65. The Bertz CT molecular complexity index is 400. The Morgan fingerprint density at radius 1 is 0.867 bits per heavy atom. The summed E-state index contributed by atoms with van der Waals surface area (Å²) in [6, 6.07) is -0.256. The lowest BCUT2D eigenvalue weighted by Gasteiger charge is -2.39. The van der Waals surface area contributed by atoms with E-state index in [1.54, 1.807) is 0 Å². The highest BCUT2D eigenvalue weighted by atomic mass is 32.2. The molecule has 0 saturated heterocycles. The second-order valence-electron chi connectivity index (χ2n) is 8.41. The summed E-state index contributed by atoms with van der Waals surface area (Å²) in [5.41, 5.74) is -0.248. The van der Waals surface area contributed by atoms with Gasteiger partial charge in [0.25, 0.3) is 0 Å². The first-order valence-corrected chi connectivity index (χ1v) is 12.2. The highest BCUT2D eigenvalue weighted by Gasteiger charge is 2.35. The first kappa shape index (κ1) is 30.0. The summed E-state index contributed by atoms with van der Waals surface area (Å²) < 4.78 is 9.07. The smallest absolute Gasteiger partial charge is 0.107 e. The van der Waals surface area contributed by atoms with Crippen LogP contribution in [-0.4, -0.2) is 79.7 Å². The molecule has 0 radical (unpaired) electrons. The summed E-state index contributed by atoms with van der Waals surface area (Å²) in [4.78, 5) is 0. The van der Waals surface area contributed by atoms with Crippen molar-refractivity contribution in [3.05, 3.63) is 0 Å². The number of hydrogen-bond donors (Lipinski definition) is 8. The van der Waals surface area contributed by atoms with Crippen molar-refractivity contribution in [2.24, 2.45) is 5.41 Å². The van der Waals surface area contributed by atoms with E-state index in [2.05, 4.69) is 31.4 Å². The standard InChI is InChI=1S/C21H46N2O6S/c1-4-21(3,5-2)20(28)17(10-6-7-13-22-18(26)12-14-24)23-19(27)11-8-9-16(15-25)30-29/h16-20,22-29H,4-15H2,1-3H3. The van der Waals surface area contributed by atoms with E-state index in [-0.39, 0.29) is 29.9 Å². The summed E-state index contributed by atoms with van der Waals surface area (Å²) in [5.74, 6) is 0. The summed E-state index contributed by atoms with van der Waals surface area (Å²) >= 11 is 0.641. The van der Waals surface area contributed by atoms with Crippen LogP contribution in [-0.2, 0) is 0 Å². The SMILES string of the molecule is CCC(C)(CC)C(O)C(CCCCNC(O)CCO)NC(O)CCCC(CO)SO. The van der Waals surface area contributed by atoms with Crippen LogP contribution in [0.5, 0.6) is 0 Å². The molecular weight excluding hydrogens is 408 g/mol. The van der Waals surface area contributed by atoms with Crippen LogP contribution in [0.1, 0.15) is 78.6 Å². The monoisotopic (exact) mass is 454 g/mol. The predicted molar refractivity (Wildman–Crippen MR) is 122 cm³/mol. The van der Waals surface area contributed by atoms with Crippen LogP contribution < -0.4 is 10.6 Å². The highest BCUT2D eigenvalue weighted by molar-refractivity contribution is 7.94. The molecule has 5 atom stereocenters. The second-order valence-corrected chi connectivity index (χ2v) is 9.29. The molecular formula is C21H46N2O6S. The number of rotatable bonds is 20. The number of nitrogens with one attached hydrogen (secondary N) is 2. The minimum atomic E-state index is -0.768. The van der Waals surface area contributed by atoms with Crippen molar-refractivity contribution >= 4 is 12.0 Å². The van der Waals surface area contributed by atoms with E-state index in [9.17, 15) is 15.3 Å². The van der Waals surface area contributed by atoms with Crippen LogP contribution >= 0.6 is 12.0 Å². The van der Waals surface area contributed by atoms with E-state index in [0.29, 0.717) is 50.7 Å². The lowest BCUT2D eigenvalue weighted by Crippen LogP contribution is -2.51. The highest BCUT2D eigenvalue weighted by Crippen LogP contribution is 2.33. The number of hydrogen-bond acceptors (Lipinski definition) is 9. The largest absolute Gasteiger partial charge is 0.396 e. The third kappa shape index (κ3) is 12.2. The van der Waals surface area contributed by atoms with Gasteiger partial charge in [-0.25, -0.2) is 0 Å². The van der Waals surface area contributed by atoms with Crippen molar-refractivity contribution in [2.75, 3.05) is 19.8 Å². The van der Waals surface area contributed by atoms with Gasteiger partial charge in [0.1, 0.15) is 12.5 Å². The summed E-state index contributed by atoms with van der Waals surface area (Å²) in [5, 5.41) is 55.0. The van der Waals surface area contributed by atoms with Gasteiger partial charge in [-0.2, -0.15) is 0 Å². The van der Waals surface area contributed by atoms with Crippen LogP contribution in [0.15, 0.2) is 0 Å². The van der Waals surface area contributed by atoms with Crippen LogP contribution in [0.4, 0.5) is 0 Å². The molecule has 30 heavy (non-hydrogen) atoms. The molecule has 0 aromatic rings. The molecule has 0 fully saturated rings. The van der Waals surface area contributed by atoms with Crippen LogP contribution in [0.25, 0.3) is 0 Å². The van der Waals surface area contributed by atoms with Crippen molar-refractivity contribution in [3.63, 3.8) is 0 Å². The fraction of sp³-hybridized carbons (Fsp3) is 1.00. The third-order valence-corrected chi connectivity index (χ3v) is 6.88. The van der Waals surface area contributed by atoms with Crippen molar-refractivity contribution in [2.45, 2.75) is 108 Å². The van der Waals surface area contributed by atoms with Crippen molar-refractivity contribution in [3.8, 4) is 0 Å². The fourth-order valence-corrected chi connectivity index (χ4v) is 3.85. The molecule has 0 heterocycles. The molecule has 0 aliphatic heterocycles. The van der Waals surface area contributed by atoms with E-state index in [4.69, 9.17) is 14.8 Å². The van der Waals surface area contributed by atoms with E-state index in [1.165, 1.54) is 0 Å². The molecule has 0 aliphatic rings. The van der Waals surface area contributed by atoms with Crippen LogP contribution in [0, 0.1) is 5.41 Å². The maximum atomic E-state index is 11.1. The van der Waals surface area contributed by atoms with Gasteiger partial charge in [0, 0.05) is 19.1 Å². The van der Waals surface area contributed by atoms with Gasteiger partial charge >= 0.3 is 0 Å². The quantitative estimate of drug-likeness (QED) is 0.0781. The van der Waals surface area contributed by atoms with Gasteiger partial charge in [-0.15, -0.1) is 0 Å². The van der Waals surface area contributed by atoms with Crippen LogP contribution in [0.2, 0.25) is 0 Å². The molecule has 0 aromatic heterocycles. The van der Waals surface area contributed by atoms with Gasteiger partial charge in [0.05, 0.1) is 18.0 Å². The molecule has 182 valence electrons. The Morgan fingerprint density at radius 3 is 2.07 bits per heavy atom. The Hall–Kier alpha value is 0.0300. The maximum Gasteiger partial charge on any atom is 0.107 e. The molecule has 8 N–H and O–H groups in total. The molecule has 0 aliphatic carbocycles. The van der Waals surface area contributed by atoms with Gasteiger partial charge in [-0.05, 0) is 68.9 Å². The molecule has 0 spiro atoms. The van der Waals surface area contributed by atoms with E-state index < -0.39 is 18.6 Å². The average Bonchev–Trinajstić information content (AvgIpc) is 2.74. The summed E-state index contributed by atoms with van der Waals surface area (Å²) in [7, 11) is 0. The van der Waals surface area contributed by atoms with Crippen LogP contribution in [0.3, 0.4) is 0 Å². The third-order valence-electron chi connectivity index (χ3n) is 6.20. The number of aliphatic hydroxyl groups is 5. The average molecular weight is 455 g/mol.